The molecule has 3 N–H and O–H groups in total. The zero-order valence-electron chi connectivity index (χ0n) is 15.1. The Hall–Kier alpha value is -3.43. The number of nitrogens with zero attached hydrogens (tertiary/aromatic N) is 4. The molecule has 0 bridgehead atoms. The lowest BCUT2D eigenvalue weighted by Gasteiger charge is -2.10. The molecule has 0 fully saturated rings. The maximum absolute atomic E-state index is 9.56. The average molecular weight is 375 g/mol. The van der Waals surface area contributed by atoms with Gasteiger partial charge in [-0.3, -0.25) is 0 Å². The third-order valence-corrected chi connectivity index (χ3v) is 4.33. The number of aromatic nitrogens is 4. The normalized spacial score (nSPS) is 10.8. The highest BCUT2D eigenvalue weighted by molar-refractivity contribution is 6.61. The molecule has 0 aliphatic carbocycles. The van der Waals surface area contributed by atoms with Crippen molar-refractivity contribution in [3.05, 3.63) is 66.4 Å². The van der Waals surface area contributed by atoms with E-state index in [2.05, 4.69) is 20.4 Å². The molecule has 2 aromatic carbocycles. The van der Waals surface area contributed by atoms with E-state index in [1.54, 1.807) is 24.4 Å². The molecule has 0 unspecified atom stereocenters. The fraction of sp³-hybridized carbons (Fsp3) is 0.105. The largest absolute Gasteiger partial charge is 0.489 e. The van der Waals surface area contributed by atoms with Crippen LogP contribution in [0.1, 0.15) is 5.56 Å². The predicted octanol–water partition coefficient (Wildman–Crippen LogP) is 1.12. The van der Waals surface area contributed by atoms with Crippen molar-refractivity contribution in [1.29, 1.82) is 0 Å². The van der Waals surface area contributed by atoms with Crippen molar-refractivity contribution in [1.82, 2.24) is 19.7 Å². The van der Waals surface area contributed by atoms with Crippen molar-refractivity contribution in [2.75, 3.05) is 12.4 Å². The number of ether oxygens (including phenoxy) is 1. The molecule has 0 spiro atoms. The number of fused-ring (bicyclic) bond motifs is 1. The summed E-state index contributed by atoms with van der Waals surface area (Å²) in [5.41, 5.74) is 2.15. The molecule has 140 valence electrons. The lowest BCUT2D eigenvalue weighted by Crippen LogP contribution is -2.30. The second kappa shape index (κ2) is 7.67. The Balaban J connectivity index is 1.72. The second-order valence-corrected chi connectivity index (χ2v) is 6.14. The van der Waals surface area contributed by atoms with Gasteiger partial charge in [0.2, 0.25) is 5.88 Å². The van der Waals surface area contributed by atoms with E-state index in [1.165, 1.54) is 11.8 Å². The zero-order valence-corrected chi connectivity index (χ0v) is 15.1. The van der Waals surface area contributed by atoms with Crippen molar-refractivity contribution in [2.24, 2.45) is 0 Å². The summed E-state index contributed by atoms with van der Waals surface area (Å²) in [6, 6.07) is 16.9. The Labute approximate surface area is 161 Å². The van der Waals surface area contributed by atoms with E-state index < -0.39 is 7.12 Å². The first-order chi connectivity index (χ1) is 13.7. The van der Waals surface area contributed by atoms with Gasteiger partial charge in [0.1, 0.15) is 5.82 Å². The fourth-order valence-electron chi connectivity index (χ4n) is 2.95. The second-order valence-electron chi connectivity index (χ2n) is 6.14. The number of benzene rings is 2. The standard InChI is InChI=1S/C19H18BN5O3/c1-28-18-10-17(21-11-13-6-3-2-4-7-13)23-19(24-18)25-16-9-5-8-15(20(26)27)14(16)12-22-25/h2-10,12,26-27H,11H2,1H3,(H,21,23,24). The number of rotatable bonds is 6. The topological polar surface area (TPSA) is 105 Å². The first-order valence-electron chi connectivity index (χ1n) is 8.70. The lowest BCUT2D eigenvalue weighted by molar-refractivity contribution is 0.396. The van der Waals surface area contributed by atoms with Crippen LogP contribution in [-0.2, 0) is 6.54 Å². The minimum absolute atomic E-state index is 0.314. The van der Waals surface area contributed by atoms with Crippen molar-refractivity contribution in [3.8, 4) is 11.8 Å². The van der Waals surface area contributed by atoms with Crippen LogP contribution in [0.3, 0.4) is 0 Å². The molecule has 0 radical (unpaired) electrons. The van der Waals surface area contributed by atoms with Gasteiger partial charge in [-0.2, -0.15) is 19.7 Å². The third-order valence-electron chi connectivity index (χ3n) is 4.33. The van der Waals surface area contributed by atoms with Crippen LogP contribution in [0.5, 0.6) is 5.88 Å². The van der Waals surface area contributed by atoms with Crippen LogP contribution in [0.25, 0.3) is 16.9 Å². The van der Waals surface area contributed by atoms with Gasteiger partial charge in [-0.05, 0) is 17.1 Å². The lowest BCUT2D eigenvalue weighted by atomic mass is 9.78. The van der Waals surface area contributed by atoms with Crippen LogP contribution < -0.4 is 15.5 Å². The molecule has 0 aliphatic heterocycles. The predicted molar refractivity (Wildman–Crippen MR) is 107 cm³/mol. The molecule has 0 saturated heterocycles. The van der Waals surface area contributed by atoms with E-state index in [-0.39, 0.29) is 0 Å². The number of anilines is 1. The summed E-state index contributed by atoms with van der Waals surface area (Å²) in [7, 11) is -0.0511. The molecule has 9 heteroatoms. The van der Waals surface area contributed by atoms with Gasteiger partial charge < -0.3 is 20.1 Å². The van der Waals surface area contributed by atoms with Gasteiger partial charge in [-0.25, -0.2) is 0 Å². The van der Waals surface area contributed by atoms with Crippen LogP contribution in [0.2, 0.25) is 0 Å². The molecule has 0 amide bonds. The molecule has 28 heavy (non-hydrogen) atoms. The molecule has 0 atom stereocenters. The zero-order chi connectivity index (χ0) is 19.5. The van der Waals surface area contributed by atoms with E-state index in [4.69, 9.17) is 4.74 Å². The van der Waals surface area contributed by atoms with Gasteiger partial charge in [0.15, 0.2) is 0 Å². The summed E-state index contributed by atoms with van der Waals surface area (Å²) in [5.74, 6) is 1.30. The van der Waals surface area contributed by atoms with Crippen molar-refractivity contribution >= 4 is 29.3 Å². The Bertz CT molecular complexity index is 1100. The van der Waals surface area contributed by atoms with Crippen LogP contribution in [0.15, 0.2) is 60.8 Å². The molecule has 4 rings (SSSR count). The van der Waals surface area contributed by atoms with Crippen molar-refractivity contribution in [2.45, 2.75) is 6.54 Å². The summed E-state index contributed by atoms with van der Waals surface area (Å²) in [6.07, 6.45) is 1.56. The monoisotopic (exact) mass is 375 g/mol. The van der Waals surface area contributed by atoms with Gasteiger partial charge in [-0.1, -0.05) is 42.5 Å². The van der Waals surface area contributed by atoms with Crippen molar-refractivity contribution < 1.29 is 14.8 Å². The Kier molecular flexibility index (Phi) is 4.92. The van der Waals surface area contributed by atoms with Gasteiger partial charge in [0, 0.05) is 18.0 Å². The maximum Gasteiger partial charge on any atom is 0.489 e. The minimum atomic E-state index is -1.59. The van der Waals surface area contributed by atoms with Crippen molar-refractivity contribution in [3.63, 3.8) is 0 Å². The van der Waals surface area contributed by atoms with E-state index in [0.717, 1.165) is 5.56 Å². The average Bonchev–Trinajstić information content (AvgIpc) is 3.17. The Morgan fingerprint density at radius 2 is 1.89 bits per heavy atom. The smallest absolute Gasteiger partial charge is 0.481 e. The molecule has 0 saturated carbocycles. The maximum atomic E-state index is 9.56. The first kappa shape index (κ1) is 18.0. The fourth-order valence-corrected chi connectivity index (χ4v) is 2.95. The molecular formula is C19H18BN5O3. The summed E-state index contributed by atoms with van der Waals surface area (Å²) < 4.78 is 6.85. The SMILES string of the molecule is COc1cc(NCc2ccccc2)nc(-n2ncc3c(B(O)O)cccc32)n1. The molecular weight excluding hydrogens is 357 g/mol. The van der Waals surface area contributed by atoms with Gasteiger partial charge in [0.25, 0.3) is 5.95 Å². The summed E-state index contributed by atoms with van der Waals surface area (Å²) in [4.78, 5) is 8.91. The highest BCUT2D eigenvalue weighted by atomic mass is 16.5. The van der Waals surface area contributed by atoms with E-state index >= 15 is 0 Å². The van der Waals surface area contributed by atoms with Gasteiger partial charge >= 0.3 is 7.12 Å². The molecule has 2 heterocycles. The molecule has 0 aliphatic rings. The van der Waals surface area contributed by atoms with E-state index in [0.29, 0.717) is 40.6 Å². The number of nitrogens with one attached hydrogen (secondary N) is 1. The van der Waals surface area contributed by atoms with Gasteiger partial charge in [-0.15, -0.1) is 0 Å². The summed E-state index contributed by atoms with van der Waals surface area (Å²) in [6.45, 7) is 0.598. The summed E-state index contributed by atoms with van der Waals surface area (Å²) in [5, 5.41) is 27.3. The van der Waals surface area contributed by atoms with E-state index in [9.17, 15) is 10.0 Å². The first-order valence-corrected chi connectivity index (χ1v) is 8.70. The van der Waals surface area contributed by atoms with Crippen LogP contribution in [0, 0.1) is 0 Å². The highest BCUT2D eigenvalue weighted by Gasteiger charge is 2.18. The van der Waals surface area contributed by atoms with Crippen LogP contribution >= 0.6 is 0 Å². The van der Waals surface area contributed by atoms with Crippen LogP contribution in [-0.4, -0.2) is 44.0 Å². The number of hydrogen-bond donors (Lipinski definition) is 3. The Morgan fingerprint density at radius 3 is 2.64 bits per heavy atom. The molecule has 2 aromatic heterocycles. The van der Waals surface area contributed by atoms with E-state index in [1.807, 2.05) is 36.4 Å². The molecule has 4 aromatic rings. The molecule has 8 nitrogen and oxygen atoms in total. The minimum Gasteiger partial charge on any atom is -0.481 e. The number of methoxy groups -OCH3 is 1. The Morgan fingerprint density at radius 1 is 1.07 bits per heavy atom. The summed E-state index contributed by atoms with van der Waals surface area (Å²) >= 11 is 0. The number of hydrogen-bond acceptors (Lipinski definition) is 7. The van der Waals surface area contributed by atoms with Gasteiger partial charge in [0.05, 0.1) is 18.8 Å². The third kappa shape index (κ3) is 3.53. The van der Waals surface area contributed by atoms with Crippen LogP contribution in [0.4, 0.5) is 5.82 Å². The quantitative estimate of drug-likeness (QED) is 0.434. The highest BCUT2D eigenvalue weighted by Crippen LogP contribution is 2.20.